The monoisotopic (exact) mass is 299 g/mol. The third kappa shape index (κ3) is 5.06. The highest BCUT2D eigenvalue weighted by Gasteiger charge is 1.97. The van der Waals surface area contributed by atoms with Gasteiger partial charge in [-0.2, -0.15) is 0 Å². The molecular formula is C18H18ClNO. The van der Waals surface area contributed by atoms with Crippen molar-refractivity contribution in [3.8, 4) is 18.1 Å². The van der Waals surface area contributed by atoms with Crippen LogP contribution in [0.2, 0.25) is 0 Å². The molecule has 0 aromatic heterocycles. The molecule has 0 fully saturated rings. The Morgan fingerprint density at radius 2 is 1.95 bits per heavy atom. The minimum atomic E-state index is 0.624. The lowest BCUT2D eigenvalue weighted by Gasteiger charge is -2.09. The zero-order chi connectivity index (χ0) is 14.9. The Bertz CT molecular complexity index is 601. The Hall–Kier alpha value is -2.11. The van der Waals surface area contributed by atoms with Crippen LogP contribution in [-0.2, 0) is 6.54 Å². The van der Waals surface area contributed by atoms with Gasteiger partial charge in [0.1, 0.15) is 5.75 Å². The third-order valence-corrected chi connectivity index (χ3v) is 3.26. The molecule has 108 valence electrons. The van der Waals surface area contributed by atoms with Crippen molar-refractivity contribution in [1.82, 2.24) is 0 Å². The Kier molecular flexibility index (Phi) is 5.99. The second kappa shape index (κ2) is 8.24. The summed E-state index contributed by atoms with van der Waals surface area (Å²) < 4.78 is 5.57. The fourth-order valence-corrected chi connectivity index (χ4v) is 1.98. The molecule has 0 amide bonds. The molecule has 21 heavy (non-hydrogen) atoms. The zero-order valence-electron chi connectivity index (χ0n) is 11.8. The van der Waals surface area contributed by atoms with Crippen LogP contribution in [0.3, 0.4) is 0 Å². The summed E-state index contributed by atoms with van der Waals surface area (Å²) in [5.74, 6) is 4.13. The first-order valence-electron chi connectivity index (χ1n) is 6.90. The number of nitrogens with one attached hydrogen (secondary N) is 1. The molecule has 0 radical (unpaired) electrons. The number of rotatable bonds is 7. The van der Waals surface area contributed by atoms with Gasteiger partial charge in [0.05, 0.1) is 6.61 Å². The Labute approximate surface area is 131 Å². The molecule has 0 spiro atoms. The van der Waals surface area contributed by atoms with Crippen LogP contribution < -0.4 is 10.1 Å². The van der Waals surface area contributed by atoms with Gasteiger partial charge in [-0.05, 0) is 42.3 Å². The van der Waals surface area contributed by atoms with E-state index >= 15 is 0 Å². The molecule has 3 heteroatoms. The van der Waals surface area contributed by atoms with E-state index in [2.05, 4.69) is 11.2 Å². The van der Waals surface area contributed by atoms with E-state index in [1.54, 1.807) is 0 Å². The standard InChI is InChI=1S/C18H18ClNO/c1-2-15-5-3-6-17(13-15)20-14-16-7-9-18(10-8-16)21-12-4-11-19/h1,3,5-10,13,20H,4,11-12,14H2. The summed E-state index contributed by atoms with van der Waals surface area (Å²) in [7, 11) is 0. The second-order valence-electron chi connectivity index (χ2n) is 4.61. The largest absolute Gasteiger partial charge is 0.494 e. The molecule has 0 saturated carbocycles. The van der Waals surface area contributed by atoms with E-state index in [1.165, 1.54) is 5.56 Å². The average Bonchev–Trinajstić information content (AvgIpc) is 2.54. The molecule has 0 bridgehead atoms. The molecular weight excluding hydrogens is 282 g/mol. The summed E-state index contributed by atoms with van der Waals surface area (Å²) in [4.78, 5) is 0. The summed E-state index contributed by atoms with van der Waals surface area (Å²) in [5.41, 5.74) is 3.08. The molecule has 0 heterocycles. The van der Waals surface area contributed by atoms with Crippen molar-refractivity contribution in [1.29, 1.82) is 0 Å². The van der Waals surface area contributed by atoms with Crippen molar-refractivity contribution >= 4 is 17.3 Å². The summed E-state index contributed by atoms with van der Waals surface area (Å²) in [6, 6.07) is 15.9. The number of terminal acetylenes is 1. The predicted molar refractivity (Wildman–Crippen MR) is 89.0 cm³/mol. The summed E-state index contributed by atoms with van der Waals surface area (Å²) >= 11 is 5.61. The van der Waals surface area contributed by atoms with Gasteiger partial charge in [0, 0.05) is 23.7 Å². The molecule has 0 saturated heterocycles. The van der Waals surface area contributed by atoms with E-state index in [9.17, 15) is 0 Å². The number of halogens is 1. The topological polar surface area (TPSA) is 21.3 Å². The maximum absolute atomic E-state index is 5.61. The van der Waals surface area contributed by atoms with Crippen molar-refractivity contribution in [2.75, 3.05) is 17.8 Å². The van der Waals surface area contributed by atoms with Crippen LogP contribution >= 0.6 is 11.6 Å². The van der Waals surface area contributed by atoms with E-state index in [1.807, 2.05) is 48.5 Å². The van der Waals surface area contributed by atoms with Gasteiger partial charge in [-0.3, -0.25) is 0 Å². The zero-order valence-corrected chi connectivity index (χ0v) is 12.6. The fourth-order valence-electron chi connectivity index (χ4n) is 1.87. The first-order valence-corrected chi connectivity index (χ1v) is 7.43. The second-order valence-corrected chi connectivity index (χ2v) is 4.99. The predicted octanol–water partition coefficient (Wildman–Crippen LogP) is 4.29. The SMILES string of the molecule is C#Cc1cccc(NCc2ccc(OCCCCl)cc2)c1. The Morgan fingerprint density at radius 1 is 1.14 bits per heavy atom. The van der Waals surface area contributed by atoms with E-state index < -0.39 is 0 Å². The van der Waals surface area contributed by atoms with Crippen molar-refractivity contribution < 1.29 is 4.74 Å². The van der Waals surface area contributed by atoms with Crippen LogP contribution in [-0.4, -0.2) is 12.5 Å². The molecule has 2 rings (SSSR count). The van der Waals surface area contributed by atoms with Crippen molar-refractivity contribution in [2.45, 2.75) is 13.0 Å². The smallest absolute Gasteiger partial charge is 0.119 e. The fraction of sp³-hybridized carbons (Fsp3) is 0.222. The van der Waals surface area contributed by atoms with Gasteiger partial charge in [0.25, 0.3) is 0 Å². The molecule has 0 atom stereocenters. The van der Waals surface area contributed by atoms with Gasteiger partial charge in [-0.1, -0.05) is 24.1 Å². The van der Waals surface area contributed by atoms with E-state index in [4.69, 9.17) is 22.8 Å². The first-order chi connectivity index (χ1) is 10.3. The van der Waals surface area contributed by atoms with Crippen molar-refractivity contribution in [2.24, 2.45) is 0 Å². The Balaban J connectivity index is 1.87. The minimum absolute atomic E-state index is 0.624. The lowest BCUT2D eigenvalue weighted by atomic mass is 10.2. The van der Waals surface area contributed by atoms with E-state index in [0.717, 1.165) is 30.0 Å². The Morgan fingerprint density at radius 3 is 2.67 bits per heavy atom. The van der Waals surface area contributed by atoms with Gasteiger partial charge in [0.15, 0.2) is 0 Å². The van der Waals surface area contributed by atoms with Crippen LogP contribution in [0.25, 0.3) is 0 Å². The highest BCUT2D eigenvalue weighted by Crippen LogP contribution is 2.15. The quantitative estimate of drug-likeness (QED) is 0.468. The normalized spacial score (nSPS) is 9.90. The van der Waals surface area contributed by atoms with Gasteiger partial charge < -0.3 is 10.1 Å². The number of benzene rings is 2. The van der Waals surface area contributed by atoms with Crippen LogP contribution in [0.5, 0.6) is 5.75 Å². The van der Waals surface area contributed by atoms with Crippen molar-refractivity contribution in [3.05, 3.63) is 59.7 Å². The minimum Gasteiger partial charge on any atom is -0.494 e. The summed E-state index contributed by atoms with van der Waals surface area (Å²) in [6.07, 6.45) is 6.25. The maximum Gasteiger partial charge on any atom is 0.119 e. The van der Waals surface area contributed by atoms with Crippen LogP contribution in [0, 0.1) is 12.3 Å². The molecule has 0 aliphatic carbocycles. The lowest BCUT2D eigenvalue weighted by molar-refractivity contribution is 0.318. The first kappa shape index (κ1) is 15.3. The average molecular weight is 300 g/mol. The number of anilines is 1. The molecule has 2 nitrogen and oxygen atoms in total. The highest BCUT2D eigenvalue weighted by molar-refractivity contribution is 6.17. The van der Waals surface area contributed by atoms with Gasteiger partial charge in [0.2, 0.25) is 0 Å². The third-order valence-electron chi connectivity index (χ3n) is 3.00. The number of hydrogen-bond donors (Lipinski definition) is 1. The number of hydrogen-bond acceptors (Lipinski definition) is 2. The lowest BCUT2D eigenvalue weighted by Crippen LogP contribution is -2.00. The summed E-state index contributed by atoms with van der Waals surface area (Å²) in [6.45, 7) is 1.40. The van der Waals surface area contributed by atoms with Crippen molar-refractivity contribution in [3.63, 3.8) is 0 Å². The molecule has 0 aliphatic heterocycles. The van der Waals surface area contributed by atoms with Crippen LogP contribution in [0.1, 0.15) is 17.5 Å². The van der Waals surface area contributed by atoms with E-state index in [-0.39, 0.29) is 0 Å². The van der Waals surface area contributed by atoms with Crippen LogP contribution in [0.4, 0.5) is 5.69 Å². The number of alkyl halides is 1. The van der Waals surface area contributed by atoms with Gasteiger partial charge in [-0.25, -0.2) is 0 Å². The number of ether oxygens (including phenoxy) is 1. The van der Waals surface area contributed by atoms with Crippen LogP contribution in [0.15, 0.2) is 48.5 Å². The molecule has 1 N–H and O–H groups in total. The molecule has 2 aromatic carbocycles. The summed E-state index contributed by atoms with van der Waals surface area (Å²) in [5, 5.41) is 3.35. The van der Waals surface area contributed by atoms with Gasteiger partial charge >= 0.3 is 0 Å². The molecule has 0 aliphatic rings. The highest BCUT2D eigenvalue weighted by atomic mass is 35.5. The molecule has 2 aromatic rings. The maximum atomic E-state index is 5.61. The van der Waals surface area contributed by atoms with Gasteiger partial charge in [-0.15, -0.1) is 18.0 Å². The molecule has 0 unspecified atom stereocenters. The van der Waals surface area contributed by atoms with E-state index in [0.29, 0.717) is 12.5 Å².